The first-order chi connectivity index (χ1) is 12.6. The second-order valence-electron chi connectivity index (χ2n) is 5.50. The van der Waals surface area contributed by atoms with Crippen LogP contribution in [0.25, 0.3) is 10.4 Å². The lowest BCUT2D eigenvalue weighted by atomic mass is 10.2. The number of nitrogens with one attached hydrogen (secondary N) is 1. The number of hydrogen-bond acceptors (Lipinski definition) is 6. The quantitative estimate of drug-likeness (QED) is 0.151. The molecule has 1 rings (SSSR count). The van der Waals surface area contributed by atoms with Crippen molar-refractivity contribution in [3.05, 3.63) is 22.6 Å². The maximum Gasteiger partial charge on any atom is 0.253 e. The molecular formula is C16H25N5O5. The Labute approximate surface area is 152 Å². The first-order valence-corrected chi connectivity index (χ1v) is 8.61. The Morgan fingerprint density at radius 3 is 2.46 bits per heavy atom. The van der Waals surface area contributed by atoms with E-state index in [1.54, 1.807) is 0 Å². The summed E-state index contributed by atoms with van der Waals surface area (Å²) in [4.78, 5) is 38.1. The van der Waals surface area contributed by atoms with Gasteiger partial charge in [0.2, 0.25) is 5.91 Å². The molecular weight excluding hydrogens is 342 g/mol. The van der Waals surface area contributed by atoms with Gasteiger partial charge in [-0.05, 0) is 18.4 Å². The number of rotatable bonds is 15. The van der Waals surface area contributed by atoms with Crippen LogP contribution in [0.15, 0.2) is 17.3 Å². The molecule has 10 heteroatoms. The third-order valence-electron chi connectivity index (χ3n) is 3.53. The summed E-state index contributed by atoms with van der Waals surface area (Å²) >= 11 is 0. The molecule has 0 aromatic carbocycles. The molecule has 1 aliphatic rings. The Kier molecular flexibility index (Phi) is 11.5. The zero-order valence-corrected chi connectivity index (χ0v) is 14.8. The lowest BCUT2D eigenvalue weighted by molar-refractivity contribution is -0.136. The highest BCUT2D eigenvalue weighted by Gasteiger charge is 2.22. The number of carbonyl (C=O) groups is 3. The van der Waals surface area contributed by atoms with E-state index in [9.17, 15) is 14.4 Å². The van der Waals surface area contributed by atoms with Crippen LogP contribution >= 0.6 is 0 Å². The Balaban J connectivity index is 1.86. The first kappa shape index (κ1) is 21.6. The van der Waals surface area contributed by atoms with Gasteiger partial charge >= 0.3 is 0 Å². The molecule has 0 radical (unpaired) electrons. The van der Waals surface area contributed by atoms with Crippen molar-refractivity contribution in [2.75, 3.05) is 46.1 Å². The van der Waals surface area contributed by atoms with E-state index in [0.29, 0.717) is 65.3 Å². The summed E-state index contributed by atoms with van der Waals surface area (Å²) in [5.41, 5.74) is 8.07. The summed E-state index contributed by atoms with van der Waals surface area (Å²) < 4.78 is 10.5. The fourth-order valence-electron chi connectivity index (χ4n) is 2.21. The summed E-state index contributed by atoms with van der Waals surface area (Å²) in [5, 5.41) is 6.09. The topological polar surface area (TPSA) is 134 Å². The molecule has 1 heterocycles. The molecule has 0 atom stereocenters. The molecule has 0 spiro atoms. The summed E-state index contributed by atoms with van der Waals surface area (Å²) in [6.45, 7) is 2.71. The van der Waals surface area contributed by atoms with Crippen molar-refractivity contribution in [3.63, 3.8) is 0 Å². The minimum Gasteiger partial charge on any atom is -0.379 e. The Hall–Kier alpha value is -2.42. The van der Waals surface area contributed by atoms with Gasteiger partial charge in [-0.15, -0.1) is 0 Å². The summed E-state index contributed by atoms with van der Waals surface area (Å²) in [5.74, 6) is -0.586. The molecule has 0 aromatic rings. The molecule has 10 nitrogen and oxygen atoms in total. The number of carbonyl (C=O) groups excluding carboxylic acids is 3. The van der Waals surface area contributed by atoms with Gasteiger partial charge < -0.3 is 14.8 Å². The fraction of sp³-hybridized carbons (Fsp3) is 0.688. The van der Waals surface area contributed by atoms with E-state index in [4.69, 9.17) is 15.0 Å². The molecule has 3 amide bonds. The van der Waals surface area contributed by atoms with Crippen molar-refractivity contribution in [2.45, 2.75) is 25.7 Å². The fourth-order valence-corrected chi connectivity index (χ4v) is 2.21. The number of unbranched alkanes of at least 4 members (excludes halogenated alkanes) is 2. The number of azide groups is 1. The van der Waals surface area contributed by atoms with Crippen LogP contribution in [0.1, 0.15) is 25.7 Å². The minimum atomic E-state index is -0.270. The van der Waals surface area contributed by atoms with Gasteiger partial charge in [0.15, 0.2) is 0 Å². The van der Waals surface area contributed by atoms with E-state index >= 15 is 0 Å². The van der Waals surface area contributed by atoms with E-state index in [-0.39, 0.29) is 17.7 Å². The lowest BCUT2D eigenvalue weighted by Crippen LogP contribution is -2.31. The number of imide groups is 1. The molecule has 0 saturated carbocycles. The second kappa shape index (κ2) is 13.8. The molecule has 1 N–H and O–H groups in total. The zero-order valence-electron chi connectivity index (χ0n) is 14.8. The first-order valence-electron chi connectivity index (χ1n) is 8.61. The maximum absolute atomic E-state index is 11.6. The van der Waals surface area contributed by atoms with Crippen LogP contribution in [0.3, 0.4) is 0 Å². The van der Waals surface area contributed by atoms with Gasteiger partial charge in [0.05, 0.1) is 26.4 Å². The van der Waals surface area contributed by atoms with E-state index in [1.807, 2.05) is 0 Å². The summed E-state index contributed by atoms with van der Waals surface area (Å²) in [7, 11) is 0. The SMILES string of the molecule is [N-]=[N+]=NCCOCCOCCNC(=O)CCCCCN1C(=O)C=CC1=O. The average Bonchev–Trinajstić information content (AvgIpc) is 2.94. The van der Waals surface area contributed by atoms with Crippen LogP contribution in [0.5, 0.6) is 0 Å². The smallest absolute Gasteiger partial charge is 0.253 e. The number of hydrogen-bond donors (Lipinski definition) is 1. The number of nitrogens with zero attached hydrogens (tertiary/aromatic N) is 4. The van der Waals surface area contributed by atoms with E-state index < -0.39 is 0 Å². The third-order valence-corrected chi connectivity index (χ3v) is 3.53. The monoisotopic (exact) mass is 367 g/mol. The van der Waals surface area contributed by atoms with Gasteiger partial charge in [0, 0.05) is 43.1 Å². The number of amides is 3. The number of ether oxygens (including phenoxy) is 2. The molecule has 0 aromatic heterocycles. The molecule has 0 aliphatic carbocycles. The average molecular weight is 367 g/mol. The van der Waals surface area contributed by atoms with Crippen LogP contribution in [0.2, 0.25) is 0 Å². The zero-order chi connectivity index (χ0) is 19.0. The van der Waals surface area contributed by atoms with Crippen LogP contribution in [-0.2, 0) is 23.9 Å². The predicted octanol–water partition coefficient (Wildman–Crippen LogP) is 0.931. The lowest BCUT2D eigenvalue weighted by Gasteiger charge is -2.13. The molecule has 144 valence electrons. The highest BCUT2D eigenvalue weighted by atomic mass is 16.5. The van der Waals surface area contributed by atoms with Crippen LogP contribution < -0.4 is 5.32 Å². The standard InChI is InChI=1S/C16H25N5O5/c17-20-19-8-11-26-13-12-25-10-7-18-14(22)4-2-1-3-9-21-15(23)5-6-16(21)24/h5-6H,1-4,7-13H2,(H,18,22). The van der Waals surface area contributed by atoms with Gasteiger partial charge in [-0.1, -0.05) is 11.5 Å². The third kappa shape index (κ3) is 9.77. The molecule has 0 bridgehead atoms. The van der Waals surface area contributed by atoms with Crippen molar-refractivity contribution in [3.8, 4) is 0 Å². The van der Waals surface area contributed by atoms with Crippen molar-refractivity contribution < 1.29 is 23.9 Å². The van der Waals surface area contributed by atoms with Crippen LogP contribution in [-0.4, -0.2) is 68.7 Å². The van der Waals surface area contributed by atoms with E-state index in [1.165, 1.54) is 17.1 Å². The molecule has 0 saturated heterocycles. The summed E-state index contributed by atoms with van der Waals surface area (Å²) in [6.07, 6.45) is 5.11. The molecule has 0 unspecified atom stereocenters. The highest BCUT2D eigenvalue weighted by molar-refractivity contribution is 6.12. The van der Waals surface area contributed by atoms with E-state index in [2.05, 4.69) is 15.3 Å². The molecule has 26 heavy (non-hydrogen) atoms. The maximum atomic E-state index is 11.6. The second-order valence-corrected chi connectivity index (χ2v) is 5.50. The Morgan fingerprint density at radius 2 is 1.77 bits per heavy atom. The highest BCUT2D eigenvalue weighted by Crippen LogP contribution is 2.07. The molecule has 0 fully saturated rings. The normalized spacial score (nSPS) is 13.2. The van der Waals surface area contributed by atoms with Gasteiger partial charge in [0.1, 0.15) is 0 Å². The van der Waals surface area contributed by atoms with Crippen LogP contribution in [0, 0.1) is 0 Å². The predicted molar refractivity (Wildman–Crippen MR) is 93.0 cm³/mol. The van der Waals surface area contributed by atoms with Crippen molar-refractivity contribution in [1.82, 2.24) is 10.2 Å². The van der Waals surface area contributed by atoms with Gasteiger partial charge in [-0.25, -0.2) is 0 Å². The Morgan fingerprint density at radius 1 is 1.08 bits per heavy atom. The molecule has 1 aliphatic heterocycles. The van der Waals surface area contributed by atoms with Crippen molar-refractivity contribution >= 4 is 17.7 Å². The summed E-state index contributed by atoms with van der Waals surface area (Å²) in [6, 6.07) is 0. The minimum absolute atomic E-state index is 0.0470. The van der Waals surface area contributed by atoms with Gasteiger partial charge in [-0.3, -0.25) is 19.3 Å². The van der Waals surface area contributed by atoms with Crippen LogP contribution in [0.4, 0.5) is 0 Å². The van der Waals surface area contributed by atoms with Crippen molar-refractivity contribution in [2.24, 2.45) is 5.11 Å². The largest absolute Gasteiger partial charge is 0.379 e. The van der Waals surface area contributed by atoms with Gasteiger partial charge in [0.25, 0.3) is 11.8 Å². The van der Waals surface area contributed by atoms with Gasteiger partial charge in [-0.2, -0.15) is 0 Å². The Bertz CT molecular complexity index is 527. The van der Waals surface area contributed by atoms with E-state index in [0.717, 1.165) is 6.42 Å². The van der Waals surface area contributed by atoms with Crippen molar-refractivity contribution in [1.29, 1.82) is 0 Å².